The first kappa shape index (κ1) is 13.0. The Bertz CT molecular complexity index is 379. The normalized spacial score (nSPS) is 12.2. The zero-order chi connectivity index (χ0) is 12.1. The molecule has 3 nitrogen and oxygen atoms in total. The summed E-state index contributed by atoms with van der Waals surface area (Å²) in [6.07, 6.45) is 0.661. The fraction of sp³-hybridized carbons (Fsp3) is 0.417. The Labute approximate surface area is 101 Å². The molecule has 1 aromatic carbocycles. The van der Waals surface area contributed by atoms with Crippen LogP contribution in [0.15, 0.2) is 18.2 Å². The molecule has 1 aromatic rings. The molecule has 0 aliphatic rings. The zero-order valence-corrected chi connectivity index (χ0v) is 10.3. The third-order valence-corrected chi connectivity index (χ3v) is 2.71. The lowest BCUT2D eigenvalue weighted by atomic mass is 9.96. The predicted molar refractivity (Wildman–Crippen MR) is 65.2 cm³/mol. The average Bonchev–Trinajstić information content (AvgIpc) is 2.28. The van der Waals surface area contributed by atoms with Crippen molar-refractivity contribution in [3.8, 4) is 5.75 Å². The first-order chi connectivity index (χ1) is 7.60. The van der Waals surface area contributed by atoms with Gasteiger partial charge in [0.15, 0.2) is 5.78 Å². The molecule has 0 aromatic heterocycles. The van der Waals surface area contributed by atoms with Gasteiger partial charge in [-0.3, -0.25) is 4.79 Å². The number of benzene rings is 1. The van der Waals surface area contributed by atoms with Gasteiger partial charge in [-0.05, 0) is 31.2 Å². The van der Waals surface area contributed by atoms with Crippen LogP contribution >= 0.6 is 11.6 Å². The van der Waals surface area contributed by atoms with Gasteiger partial charge in [0.2, 0.25) is 0 Å². The predicted octanol–water partition coefficient (Wildman–Crippen LogP) is 2.52. The van der Waals surface area contributed by atoms with E-state index in [1.165, 1.54) is 7.11 Å². The van der Waals surface area contributed by atoms with Gasteiger partial charge in [-0.1, -0.05) is 18.5 Å². The maximum absolute atomic E-state index is 12.1. The highest BCUT2D eigenvalue weighted by atomic mass is 35.5. The zero-order valence-electron chi connectivity index (χ0n) is 9.50. The highest BCUT2D eigenvalue weighted by Crippen LogP contribution is 2.25. The summed E-state index contributed by atoms with van der Waals surface area (Å²) in [5.74, 6) is 0.459. The molecule has 88 valence electrons. The molecule has 2 N–H and O–H groups in total. The molecule has 0 aliphatic carbocycles. The summed E-state index contributed by atoms with van der Waals surface area (Å²) >= 11 is 5.87. The molecular formula is C12H16ClNO2. The van der Waals surface area contributed by atoms with Gasteiger partial charge in [-0.15, -0.1) is 0 Å². The van der Waals surface area contributed by atoms with Gasteiger partial charge in [0.1, 0.15) is 5.75 Å². The standard InChI is InChI=1S/C12H16ClNO2/c1-8(5-6-14)12(15)10-7-9(13)3-4-11(10)16-2/h3-4,7-8H,5-6,14H2,1-2H3. The van der Waals surface area contributed by atoms with Crippen molar-refractivity contribution in [2.75, 3.05) is 13.7 Å². The summed E-state index contributed by atoms with van der Waals surface area (Å²) in [4.78, 5) is 12.1. The van der Waals surface area contributed by atoms with Gasteiger partial charge < -0.3 is 10.5 Å². The minimum atomic E-state index is -0.114. The second-order valence-corrected chi connectivity index (χ2v) is 4.12. The number of ether oxygens (including phenoxy) is 1. The molecule has 0 spiro atoms. The average molecular weight is 242 g/mol. The number of hydrogen-bond donors (Lipinski definition) is 1. The van der Waals surface area contributed by atoms with Crippen LogP contribution in [0.5, 0.6) is 5.75 Å². The van der Waals surface area contributed by atoms with Gasteiger partial charge in [0.05, 0.1) is 12.7 Å². The fourth-order valence-electron chi connectivity index (χ4n) is 1.52. The topological polar surface area (TPSA) is 52.3 Å². The van der Waals surface area contributed by atoms with Crippen LogP contribution in [-0.2, 0) is 0 Å². The van der Waals surface area contributed by atoms with Crippen LogP contribution in [0.2, 0.25) is 5.02 Å². The van der Waals surface area contributed by atoms with E-state index >= 15 is 0 Å². The number of carbonyl (C=O) groups is 1. The number of carbonyl (C=O) groups excluding carboxylic acids is 1. The maximum Gasteiger partial charge on any atom is 0.169 e. The quantitative estimate of drug-likeness (QED) is 0.806. The Balaban J connectivity index is 3.01. The molecule has 0 radical (unpaired) electrons. The summed E-state index contributed by atoms with van der Waals surface area (Å²) in [5.41, 5.74) is 5.96. The van der Waals surface area contributed by atoms with Crippen LogP contribution in [0.4, 0.5) is 0 Å². The smallest absolute Gasteiger partial charge is 0.169 e. The van der Waals surface area contributed by atoms with Crippen molar-refractivity contribution in [1.82, 2.24) is 0 Å². The van der Waals surface area contributed by atoms with E-state index in [0.717, 1.165) is 0 Å². The van der Waals surface area contributed by atoms with Crippen molar-refractivity contribution in [2.24, 2.45) is 11.7 Å². The van der Waals surface area contributed by atoms with Crippen LogP contribution in [-0.4, -0.2) is 19.4 Å². The second kappa shape index (κ2) is 5.87. The highest BCUT2D eigenvalue weighted by molar-refractivity contribution is 6.31. The van der Waals surface area contributed by atoms with E-state index in [1.807, 2.05) is 6.92 Å². The number of ketones is 1. The van der Waals surface area contributed by atoms with Crippen molar-refractivity contribution in [3.05, 3.63) is 28.8 Å². The van der Waals surface area contributed by atoms with E-state index in [0.29, 0.717) is 29.3 Å². The first-order valence-electron chi connectivity index (χ1n) is 5.18. The number of rotatable bonds is 5. The molecule has 16 heavy (non-hydrogen) atoms. The van der Waals surface area contributed by atoms with Crippen LogP contribution < -0.4 is 10.5 Å². The van der Waals surface area contributed by atoms with Gasteiger partial charge in [0.25, 0.3) is 0 Å². The maximum atomic E-state index is 12.1. The Hall–Kier alpha value is -1.06. The summed E-state index contributed by atoms with van der Waals surface area (Å²) < 4.78 is 5.14. The highest BCUT2D eigenvalue weighted by Gasteiger charge is 2.18. The number of methoxy groups -OCH3 is 1. The molecule has 0 saturated heterocycles. The number of nitrogens with two attached hydrogens (primary N) is 1. The Morgan fingerprint density at radius 3 is 2.81 bits per heavy atom. The van der Waals surface area contributed by atoms with Gasteiger partial charge in [-0.2, -0.15) is 0 Å². The lowest BCUT2D eigenvalue weighted by Gasteiger charge is -2.12. The van der Waals surface area contributed by atoms with Crippen LogP contribution in [0.1, 0.15) is 23.7 Å². The summed E-state index contributed by atoms with van der Waals surface area (Å²) in [6, 6.07) is 5.03. The minimum absolute atomic E-state index is 0.0183. The third-order valence-electron chi connectivity index (χ3n) is 2.47. The molecule has 0 bridgehead atoms. The Morgan fingerprint density at radius 2 is 2.25 bits per heavy atom. The number of Topliss-reactive ketones (excluding diaryl/α,β-unsaturated/α-hetero) is 1. The summed E-state index contributed by atoms with van der Waals surface area (Å²) in [5, 5.41) is 0.532. The molecular weight excluding hydrogens is 226 g/mol. The van der Waals surface area contributed by atoms with E-state index in [1.54, 1.807) is 18.2 Å². The van der Waals surface area contributed by atoms with E-state index in [2.05, 4.69) is 0 Å². The molecule has 1 atom stereocenters. The Morgan fingerprint density at radius 1 is 1.56 bits per heavy atom. The molecule has 0 aliphatic heterocycles. The van der Waals surface area contributed by atoms with Crippen molar-refractivity contribution in [1.29, 1.82) is 0 Å². The number of hydrogen-bond acceptors (Lipinski definition) is 3. The lowest BCUT2D eigenvalue weighted by molar-refractivity contribution is 0.0922. The van der Waals surface area contributed by atoms with Crippen molar-refractivity contribution in [3.63, 3.8) is 0 Å². The van der Waals surface area contributed by atoms with E-state index in [-0.39, 0.29) is 11.7 Å². The van der Waals surface area contributed by atoms with Crippen LogP contribution in [0.25, 0.3) is 0 Å². The summed E-state index contributed by atoms with van der Waals surface area (Å²) in [6.45, 7) is 2.35. The Kier molecular flexibility index (Phi) is 4.77. The largest absolute Gasteiger partial charge is 0.496 e. The van der Waals surface area contributed by atoms with E-state index in [9.17, 15) is 4.79 Å². The molecule has 0 amide bonds. The fourth-order valence-corrected chi connectivity index (χ4v) is 1.69. The van der Waals surface area contributed by atoms with Gasteiger partial charge in [-0.25, -0.2) is 0 Å². The van der Waals surface area contributed by atoms with Crippen LogP contribution in [0, 0.1) is 5.92 Å². The molecule has 1 rings (SSSR count). The first-order valence-corrected chi connectivity index (χ1v) is 5.55. The second-order valence-electron chi connectivity index (χ2n) is 3.69. The molecule has 4 heteroatoms. The molecule has 1 unspecified atom stereocenters. The summed E-state index contributed by atoms with van der Waals surface area (Å²) in [7, 11) is 1.54. The van der Waals surface area contributed by atoms with E-state index in [4.69, 9.17) is 22.1 Å². The molecule has 0 saturated carbocycles. The third kappa shape index (κ3) is 2.97. The van der Waals surface area contributed by atoms with Crippen molar-refractivity contribution >= 4 is 17.4 Å². The van der Waals surface area contributed by atoms with Gasteiger partial charge in [0, 0.05) is 10.9 Å². The van der Waals surface area contributed by atoms with Crippen molar-refractivity contribution < 1.29 is 9.53 Å². The van der Waals surface area contributed by atoms with Gasteiger partial charge >= 0.3 is 0 Å². The van der Waals surface area contributed by atoms with E-state index < -0.39 is 0 Å². The van der Waals surface area contributed by atoms with Crippen LogP contribution in [0.3, 0.4) is 0 Å². The lowest BCUT2D eigenvalue weighted by Crippen LogP contribution is -2.16. The molecule has 0 heterocycles. The SMILES string of the molecule is COc1ccc(Cl)cc1C(=O)C(C)CCN. The minimum Gasteiger partial charge on any atom is -0.496 e. The monoisotopic (exact) mass is 241 g/mol. The molecule has 0 fully saturated rings. The van der Waals surface area contributed by atoms with Crippen molar-refractivity contribution in [2.45, 2.75) is 13.3 Å². The number of halogens is 1.